The van der Waals surface area contributed by atoms with Gasteiger partial charge in [0.25, 0.3) is 5.91 Å². The minimum absolute atomic E-state index is 0.162. The third-order valence-electron chi connectivity index (χ3n) is 5.00. The lowest BCUT2D eigenvalue weighted by Crippen LogP contribution is -2.50. The molecule has 0 saturated carbocycles. The molecule has 7 heteroatoms. The molecule has 2 rings (SSSR count). The fourth-order valence-electron chi connectivity index (χ4n) is 3.20. The van der Waals surface area contributed by atoms with Gasteiger partial charge in [0, 0.05) is 13.1 Å². The molecule has 1 N–H and O–H groups in total. The lowest BCUT2D eigenvalue weighted by atomic mass is 10.1. The molecular weight excluding hydrogens is 435 g/mol. The maximum absolute atomic E-state index is 13.2. The molecule has 0 spiro atoms. The summed E-state index contributed by atoms with van der Waals surface area (Å²) < 4.78 is 5.76. The van der Waals surface area contributed by atoms with Crippen LogP contribution < -0.4 is 10.1 Å². The van der Waals surface area contributed by atoms with Crippen molar-refractivity contribution in [2.75, 3.05) is 13.2 Å². The number of rotatable bonds is 11. The van der Waals surface area contributed by atoms with Crippen LogP contribution in [0.1, 0.15) is 44.2 Å². The highest BCUT2D eigenvalue weighted by molar-refractivity contribution is 6.42. The number of halogens is 2. The molecular formula is C24H30Cl2N2O3. The van der Waals surface area contributed by atoms with Gasteiger partial charge in [-0.2, -0.15) is 0 Å². The Bertz CT molecular complexity index is 889. The van der Waals surface area contributed by atoms with Crippen molar-refractivity contribution in [3.63, 3.8) is 0 Å². The number of amides is 2. The molecule has 0 aliphatic carbocycles. The molecule has 0 heterocycles. The molecule has 0 saturated heterocycles. The summed E-state index contributed by atoms with van der Waals surface area (Å²) in [6, 6.07) is 12.1. The Labute approximate surface area is 194 Å². The number of aryl methyl sites for hydroxylation is 1. The number of para-hydroxylation sites is 1. The zero-order chi connectivity index (χ0) is 22.8. The Balaban J connectivity index is 2.22. The maximum atomic E-state index is 13.2. The zero-order valence-electron chi connectivity index (χ0n) is 18.3. The van der Waals surface area contributed by atoms with Crippen molar-refractivity contribution in [1.29, 1.82) is 0 Å². The van der Waals surface area contributed by atoms with E-state index >= 15 is 0 Å². The molecule has 0 aliphatic heterocycles. The first-order valence-corrected chi connectivity index (χ1v) is 11.3. The van der Waals surface area contributed by atoms with Gasteiger partial charge < -0.3 is 15.0 Å². The monoisotopic (exact) mass is 464 g/mol. The van der Waals surface area contributed by atoms with Crippen molar-refractivity contribution in [2.24, 2.45) is 0 Å². The first-order valence-electron chi connectivity index (χ1n) is 10.6. The van der Waals surface area contributed by atoms with E-state index in [2.05, 4.69) is 12.2 Å². The van der Waals surface area contributed by atoms with Crippen LogP contribution in [0.4, 0.5) is 0 Å². The van der Waals surface area contributed by atoms with Crippen LogP contribution in [-0.2, 0) is 16.1 Å². The minimum Gasteiger partial charge on any atom is -0.484 e. The van der Waals surface area contributed by atoms with Crippen LogP contribution >= 0.6 is 23.2 Å². The average Bonchev–Trinajstić information content (AvgIpc) is 2.75. The summed E-state index contributed by atoms with van der Waals surface area (Å²) in [4.78, 5) is 27.6. The molecule has 31 heavy (non-hydrogen) atoms. The minimum atomic E-state index is -0.612. The van der Waals surface area contributed by atoms with Gasteiger partial charge in [-0.15, -0.1) is 0 Å². The van der Waals surface area contributed by atoms with Crippen molar-refractivity contribution >= 4 is 35.0 Å². The molecule has 0 bridgehead atoms. The number of ether oxygens (including phenoxy) is 1. The lowest BCUT2D eigenvalue weighted by molar-refractivity contribution is -0.143. The highest BCUT2D eigenvalue weighted by Crippen LogP contribution is 2.24. The van der Waals surface area contributed by atoms with Crippen LogP contribution in [0, 0.1) is 6.92 Å². The van der Waals surface area contributed by atoms with Gasteiger partial charge in [-0.1, -0.05) is 67.7 Å². The molecule has 5 nitrogen and oxygen atoms in total. The number of carbonyl (C=O) groups is 2. The fourth-order valence-corrected chi connectivity index (χ4v) is 3.52. The van der Waals surface area contributed by atoms with Crippen molar-refractivity contribution in [3.8, 4) is 5.75 Å². The first kappa shape index (κ1) is 25.0. The first-order chi connectivity index (χ1) is 14.9. The van der Waals surface area contributed by atoms with Crippen molar-refractivity contribution in [2.45, 2.75) is 52.6 Å². The fraction of sp³-hybridized carbons (Fsp3) is 0.417. The topological polar surface area (TPSA) is 58.6 Å². The van der Waals surface area contributed by atoms with Gasteiger partial charge in [-0.05, 0) is 49.1 Å². The molecule has 0 radical (unpaired) electrons. The molecule has 0 fully saturated rings. The number of carbonyl (C=O) groups excluding carboxylic acids is 2. The Kier molecular flexibility index (Phi) is 10.2. The number of benzene rings is 2. The predicted octanol–water partition coefficient (Wildman–Crippen LogP) is 5.40. The Hall–Kier alpha value is -2.24. The van der Waals surface area contributed by atoms with Crippen LogP contribution in [0.2, 0.25) is 10.0 Å². The van der Waals surface area contributed by atoms with Gasteiger partial charge in [-0.3, -0.25) is 9.59 Å². The largest absolute Gasteiger partial charge is 0.484 e. The van der Waals surface area contributed by atoms with Crippen LogP contribution in [0.15, 0.2) is 42.5 Å². The van der Waals surface area contributed by atoms with Crippen molar-refractivity contribution in [1.82, 2.24) is 10.2 Å². The summed E-state index contributed by atoms with van der Waals surface area (Å²) >= 11 is 12.2. The zero-order valence-corrected chi connectivity index (χ0v) is 19.8. The highest BCUT2D eigenvalue weighted by atomic mass is 35.5. The summed E-state index contributed by atoms with van der Waals surface area (Å²) in [6.45, 7) is 6.52. The lowest BCUT2D eigenvalue weighted by Gasteiger charge is -2.30. The Morgan fingerprint density at radius 1 is 1.10 bits per heavy atom. The van der Waals surface area contributed by atoms with Crippen molar-refractivity contribution in [3.05, 3.63) is 63.6 Å². The summed E-state index contributed by atoms with van der Waals surface area (Å²) in [6.07, 6.45) is 2.35. The van der Waals surface area contributed by atoms with Crippen LogP contribution in [0.25, 0.3) is 0 Å². The second kappa shape index (κ2) is 12.6. The van der Waals surface area contributed by atoms with E-state index in [9.17, 15) is 9.59 Å². The summed E-state index contributed by atoms with van der Waals surface area (Å²) in [5.74, 6) is 0.206. The van der Waals surface area contributed by atoms with Crippen molar-refractivity contribution < 1.29 is 14.3 Å². The molecule has 0 unspecified atom stereocenters. The van der Waals surface area contributed by atoms with Crippen LogP contribution in [-0.4, -0.2) is 35.9 Å². The van der Waals surface area contributed by atoms with E-state index < -0.39 is 6.04 Å². The SMILES string of the molecule is CCCCNC(=O)[C@H](CC)N(Cc1ccc(Cl)c(Cl)c1)C(=O)COc1ccccc1C. The van der Waals surface area contributed by atoms with E-state index in [-0.39, 0.29) is 25.0 Å². The Morgan fingerprint density at radius 2 is 1.84 bits per heavy atom. The van der Waals surface area contributed by atoms with E-state index in [0.717, 1.165) is 24.0 Å². The van der Waals surface area contributed by atoms with E-state index in [1.165, 1.54) is 0 Å². The van der Waals surface area contributed by atoms with Gasteiger partial charge in [0.2, 0.25) is 5.91 Å². The summed E-state index contributed by atoms with van der Waals surface area (Å²) in [5, 5.41) is 3.78. The molecule has 1 atom stereocenters. The normalized spacial score (nSPS) is 11.6. The number of unbranched alkanes of at least 4 members (excludes halogenated alkanes) is 1. The van der Waals surface area contributed by atoms with E-state index in [4.69, 9.17) is 27.9 Å². The second-order valence-corrected chi connectivity index (χ2v) is 8.21. The van der Waals surface area contributed by atoms with Gasteiger partial charge in [0.15, 0.2) is 6.61 Å². The quantitative estimate of drug-likeness (QED) is 0.452. The van der Waals surface area contributed by atoms with Crippen LogP contribution in [0.5, 0.6) is 5.75 Å². The van der Waals surface area contributed by atoms with Gasteiger partial charge in [0.05, 0.1) is 10.0 Å². The molecule has 2 amide bonds. The van der Waals surface area contributed by atoms with Gasteiger partial charge in [0.1, 0.15) is 11.8 Å². The standard InChI is InChI=1S/C24H30Cl2N2O3/c1-4-6-13-27-24(30)21(5-2)28(15-18-11-12-19(25)20(26)14-18)23(29)16-31-22-10-8-7-9-17(22)3/h7-12,14,21H,4-6,13,15-16H2,1-3H3,(H,27,30)/t21-/m0/s1. The van der Waals surface area contributed by atoms with Crippen LogP contribution in [0.3, 0.4) is 0 Å². The maximum Gasteiger partial charge on any atom is 0.261 e. The van der Waals surface area contributed by atoms with E-state index in [1.807, 2.05) is 38.1 Å². The molecule has 2 aromatic carbocycles. The van der Waals surface area contributed by atoms with E-state index in [0.29, 0.717) is 28.8 Å². The second-order valence-electron chi connectivity index (χ2n) is 7.39. The number of nitrogens with zero attached hydrogens (tertiary/aromatic N) is 1. The number of hydrogen-bond acceptors (Lipinski definition) is 3. The van der Waals surface area contributed by atoms with Gasteiger partial charge in [-0.25, -0.2) is 0 Å². The summed E-state index contributed by atoms with van der Waals surface area (Å²) in [5.41, 5.74) is 1.73. The smallest absolute Gasteiger partial charge is 0.261 e. The molecule has 0 aromatic heterocycles. The predicted molar refractivity (Wildman–Crippen MR) is 126 cm³/mol. The summed E-state index contributed by atoms with van der Waals surface area (Å²) in [7, 11) is 0. The number of nitrogens with one attached hydrogen (secondary N) is 1. The highest BCUT2D eigenvalue weighted by Gasteiger charge is 2.29. The van der Waals surface area contributed by atoms with Gasteiger partial charge >= 0.3 is 0 Å². The molecule has 2 aromatic rings. The molecule has 0 aliphatic rings. The third-order valence-corrected chi connectivity index (χ3v) is 5.74. The van der Waals surface area contributed by atoms with E-state index in [1.54, 1.807) is 23.1 Å². The Morgan fingerprint density at radius 3 is 2.48 bits per heavy atom. The average molecular weight is 465 g/mol. The third kappa shape index (κ3) is 7.44. The number of hydrogen-bond donors (Lipinski definition) is 1. The molecule has 168 valence electrons.